The minimum absolute atomic E-state index is 0.454. The van der Waals surface area contributed by atoms with Crippen molar-refractivity contribution in [3.8, 4) is 0 Å². The smallest absolute Gasteiger partial charge is 0.0772 e. The third kappa shape index (κ3) is 5.25. The van der Waals surface area contributed by atoms with Crippen molar-refractivity contribution in [1.29, 1.82) is 0 Å². The fraction of sp³-hybridized carbons (Fsp3) is 1.00. The molecule has 0 atom stereocenters. The highest BCUT2D eigenvalue weighted by atomic mass is 16.3. The molecule has 1 aliphatic rings. The Bertz CT molecular complexity index is 223. The van der Waals surface area contributed by atoms with E-state index in [2.05, 4.69) is 31.1 Å². The molecule has 0 aromatic rings. The van der Waals surface area contributed by atoms with Gasteiger partial charge < -0.3 is 15.3 Å². The van der Waals surface area contributed by atoms with Crippen molar-refractivity contribution in [2.45, 2.75) is 64.0 Å². The van der Waals surface area contributed by atoms with Crippen LogP contribution in [0.3, 0.4) is 0 Å². The number of nitrogens with zero attached hydrogens (tertiary/aromatic N) is 1. The van der Waals surface area contributed by atoms with Gasteiger partial charge in [0.1, 0.15) is 0 Å². The summed E-state index contributed by atoms with van der Waals surface area (Å²) in [6.07, 6.45) is 6.76. The molecule has 0 spiro atoms. The van der Waals surface area contributed by atoms with Crippen molar-refractivity contribution in [2.24, 2.45) is 5.92 Å². The topological polar surface area (TPSA) is 35.5 Å². The Hall–Kier alpha value is -0.120. The molecule has 3 heteroatoms. The molecule has 0 aromatic heterocycles. The Morgan fingerprint density at radius 1 is 1.33 bits per heavy atom. The molecule has 0 aliphatic heterocycles. The minimum Gasteiger partial charge on any atom is -0.389 e. The quantitative estimate of drug-likeness (QED) is 0.733. The first-order valence-corrected chi connectivity index (χ1v) is 7.54. The van der Waals surface area contributed by atoms with Crippen LogP contribution in [0.5, 0.6) is 0 Å². The number of likely N-dealkylation sites (N-methyl/N-ethyl adjacent to an activating group) is 1. The van der Waals surface area contributed by atoms with Crippen LogP contribution in [0.15, 0.2) is 0 Å². The first-order valence-electron chi connectivity index (χ1n) is 7.54. The van der Waals surface area contributed by atoms with E-state index in [0.717, 1.165) is 38.1 Å². The van der Waals surface area contributed by atoms with E-state index in [1.807, 2.05) is 7.05 Å². The summed E-state index contributed by atoms with van der Waals surface area (Å²) < 4.78 is 0. The number of rotatable bonds is 7. The lowest BCUT2D eigenvalue weighted by molar-refractivity contribution is -0.0147. The minimum atomic E-state index is -0.454. The molecule has 18 heavy (non-hydrogen) atoms. The maximum Gasteiger partial charge on any atom is 0.0772 e. The summed E-state index contributed by atoms with van der Waals surface area (Å²) in [5.74, 6) is 0.811. The Labute approximate surface area is 113 Å². The van der Waals surface area contributed by atoms with Crippen LogP contribution < -0.4 is 5.32 Å². The van der Waals surface area contributed by atoms with Gasteiger partial charge in [0.05, 0.1) is 5.60 Å². The number of aliphatic hydroxyl groups is 1. The van der Waals surface area contributed by atoms with E-state index in [1.54, 1.807) is 0 Å². The van der Waals surface area contributed by atoms with Gasteiger partial charge in [-0.05, 0) is 65.1 Å². The van der Waals surface area contributed by atoms with Crippen LogP contribution in [0.25, 0.3) is 0 Å². The maximum absolute atomic E-state index is 10.3. The lowest BCUT2D eigenvalue weighted by Gasteiger charge is -2.39. The predicted octanol–water partition coefficient (Wildman–Crippen LogP) is 2.25. The Kier molecular flexibility index (Phi) is 6.61. The monoisotopic (exact) mass is 256 g/mol. The van der Waals surface area contributed by atoms with E-state index in [4.69, 9.17) is 0 Å². The van der Waals surface area contributed by atoms with Gasteiger partial charge >= 0.3 is 0 Å². The number of hydrogen-bond acceptors (Lipinski definition) is 3. The fourth-order valence-corrected chi connectivity index (χ4v) is 3.02. The molecular formula is C15H32N2O. The van der Waals surface area contributed by atoms with Crippen LogP contribution >= 0.6 is 0 Å². The van der Waals surface area contributed by atoms with Gasteiger partial charge in [0.25, 0.3) is 0 Å². The summed E-state index contributed by atoms with van der Waals surface area (Å²) >= 11 is 0. The van der Waals surface area contributed by atoms with Crippen molar-refractivity contribution in [3.63, 3.8) is 0 Å². The maximum atomic E-state index is 10.3. The Morgan fingerprint density at radius 2 is 1.94 bits per heavy atom. The zero-order chi connectivity index (χ0) is 13.6. The van der Waals surface area contributed by atoms with Crippen molar-refractivity contribution >= 4 is 0 Å². The van der Waals surface area contributed by atoms with Crippen LogP contribution in [-0.4, -0.2) is 48.8 Å². The highest BCUT2D eigenvalue weighted by Crippen LogP contribution is 2.30. The summed E-state index contributed by atoms with van der Waals surface area (Å²) in [4.78, 5) is 2.50. The van der Waals surface area contributed by atoms with Crippen LogP contribution in [0.2, 0.25) is 0 Å². The fourth-order valence-electron chi connectivity index (χ4n) is 3.02. The zero-order valence-electron chi connectivity index (χ0n) is 12.7. The van der Waals surface area contributed by atoms with Gasteiger partial charge in [-0.15, -0.1) is 0 Å². The third-order valence-electron chi connectivity index (χ3n) is 4.31. The molecular weight excluding hydrogens is 224 g/mol. The normalized spacial score (nSPS) is 29.2. The first-order chi connectivity index (χ1) is 8.47. The zero-order valence-corrected chi connectivity index (χ0v) is 12.7. The molecule has 1 saturated carbocycles. The van der Waals surface area contributed by atoms with Gasteiger partial charge in [-0.3, -0.25) is 0 Å². The second-order valence-electron chi connectivity index (χ2n) is 6.50. The highest BCUT2D eigenvalue weighted by molar-refractivity contribution is 4.89. The average molecular weight is 256 g/mol. The van der Waals surface area contributed by atoms with E-state index < -0.39 is 5.60 Å². The molecule has 1 fully saturated rings. The van der Waals surface area contributed by atoms with Crippen LogP contribution in [-0.2, 0) is 0 Å². The summed E-state index contributed by atoms with van der Waals surface area (Å²) in [5, 5.41) is 13.4. The lowest BCUT2D eigenvalue weighted by atomic mass is 9.81. The number of nitrogens with one attached hydrogen (secondary N) is 1. The molecule has 0 bridgehead atoms. The molecule has 0 heterocycles. The molecule has 0 saturated heterocycles. The van der Waals surface area contributed by atoms with Gasteiger partial charge in [-0.1, -0.05) is 13.8 Å². The standard InChI is InChI=1S/C15H32N2O/c1-13(2)6-5-11-17(4)14-7-9-15(18,10-8-14)12-16-3/h13-14,16,18H,5-12H2,1-4H3. The van der Waals surface area contributed by atoms with Crippen molar-refractivity contribution < 1.29 is 5.11 Å². The average Bonchev–Trinajstić information content (AvgIpc) is 2.29. The Balaban J connectivity index is 2.25. The summed E-state index contributed by atoms with van der Waals surface area (Å²) in [6.45, 7) is 6.51. The second kappa shape index (κ2) is 7.46. The van der Waals surface area contributed by atoms with Gasteiger partial charge in [0, 0.05) is 12.6 Å². The van der Waals surface area contributed by atoms with Gasteiger partial charge in [0.15, 0.2) is 0 Å². The highest BCUT2D eigenvalue weighted by Gasteiger charge is 2.33. The number of hydrogen-bond donors (Lipinski definition) is 2. The summed E-state index contributed by atoms with van der Waals surface area (Å²) in [7, 11) is 4.16. The second-order valence-corrected chi connectivity index (χ2v) is 6.50. The van der Waals surface area contributed by atoms with E-state index in [-0.39, 0.29) is 0 Å². The lowest BCUT2D eigenvalue weighted by Crippen LogP contribution is -2.47. The van der Waals surface area contributed by atoms with E-state index in [0.29, 0.717) is 6.04 Å². The molecule has 1 rings (SSSR count). The molecule has 108 valence electrons. The third-order valence-corrected chi connectivity index (χ3v) is 4.31. The van der Waals surface area contributed by atoms with Gasteiger partial charge in [0.2, 0.25) is 0 Å². The molecule has 0 radical (unpaired) electrons. The molecule has 0 unspecified atom stereocenters. The summed E-state index contributed by atoms with van der Waals surface area (Å²) in [5.41, 5.74) is -0.454. The van der Waals surface area contributed by atoms with Crippen molar-refractivity contribution in [3.05, 3.63) is 0 Å². The summed E-state index contributed by atoms with van der Waals surface area (Å²) in [6, 6.07) is 0.675. The van der Waals surface area contributed by atoms with Gasteiger partial charge in [-0.2, -0.15) is 0 Å². The van der Waals surface area contributed by atoms with E-state index >= 15 is 0 Å². The van der Waals surface area contributed by atoms with Crippen molar-refractivity contribution in [2.75, 3.05) is 27.2 Å². The van der Waals surface area contributed by atoms with Crippen molar-refractivity contribution in [1.82, 2.24) is 10.2 Å². The van der Waals surface area contributed by atoms with E-state index in [9.17, 15) is 5.11 Å². The Morgan fingerprint density at radius 3 is 2.44 bits per heavy atom. The van der Waals surface area contributed by atoms with Crippen LogP contribution in [0.1, 0.15) is 52.4 Å². The molecule has 0 amide bonds. The first kappa shape index (κ1) is 15.9. The predicted molar refractivity (Wildman–Crippen MR) is 77.8 cm³/mol. The SMILES string of the molecule is CNCC1(O)CCC(N(C)CCCC(C)C)CC1. The van der Waals surface area contributed by atoms with E-state index in [1.165, 1.54) is 19.4 Å². The molecule has 0 aromatic carbocycles. The van der Waals surface area contributed by atoms with Gasteiger partial charge in [-0.25, -0.2) is 0 Å². The molecule has 2 N–H and O–H groups in total. The molecule has 3 nitrogen and oxygen atoms in total. The molecule has 1 aliphatic carbocycles. The largest absolute Gasteiger partial charge is 0.389 e. The van der Waals surface area contributed by atoms with Crippen LogP contribution in [0.4, 0.5) is 0 Å². The van der Waals surface area contributed by atoms with Crippen LogP contribution in [0, 0.1) is 5.92 Å².